The molecule has 0 bridgehead atoms. The van der Waals surface area contributed by atoms with Gasteiger partial charge in [0.25, 0.3) is 0 Å². The second-order valence-electron chi connectivity index (χ2n) is 4.26. The third-order valence-electron chi connectivity index (χ3n) is 2.56. The van der Waals surface area contributed by atoms with Crippen molar-refractivity contribution < 1.29 is 9.50 Å². The summed E-state index contributed by atoms with van der Waals surface area (Å²) in [5.41, 5.74) is 5.56. The molecule has 0 amide bonds. The fraction of sp³-hybridized carbons (Fsp3) is 0.455. The van der Waals surface area contributed by atoms with Gasteiger partial charge in [-0.05, 0) is 12.1 Å². The highest BCUT2D eigenvalue weighted by molar-refractivity contribution is 6.31. The Hall–Kier alpha value is -0.350. The molecule has 0 aliphatic rings. The lowest BCUT2D eigenvalue weighted by Gasteiger charge is -2.30. The molecule has 0 spiro atoms. The topological polar surface area (TPSA) is 46.2 Å². The molecule has 0 unspecified atom stereocenters. The van der Waals surface area contributed by atoms with Crippen molar-refractivity contribution in [2.75, 3.05) is 6.61 Å². The Kier molecular flexibility index (Phi) is 5.70. The molecule has 16 heavy (non-hydrogen) atoms. The first-order valence-electron chi connectivity index (χ1n) is 4.70. The zero-order chi connectivity index (χ0) is 11.6. The number of halogens is 3. The van der Waals surface area contributed by atoms with Crippen LogP contribution in [0, 0.1) is 11.2 Å². The van der Waals surface area contributed by atoms with Crippen LogP contribution in [0.15, 0.2) is 18.2 Å². The Morgan fingerprint density at radius 2 is 2.06 bits per heavy atom. The van der Waals surface area contributed by atoms with E-state index in [9.17, 15) is 4.39 Å². The zero-order valence-electron chi connectivity index (χ0n) is 9.21. The summed E-state index contributed by atoms with van der Waals surface area (Å²) < 4.78 is 13.5. The van der Waals surface area contributed by atoms with Crippen molar-refractivity contribution in [1.29, 1.82) is 0 Å². The van der Waals surface area contributed by atoms with Gasteiger partial charge in [-0.25, -0.2) is 4.39 Å². The number of benzene rings is 1. The van der Waals surface area contributed by atoms with E-state index in [1.165, 1.54) is 12.1 Å². The maximum absolute atomic E-state index is 13.5. The molecule has 0 saturated carbocycles. The van der Waals surface area contributed by atoms with Crippen molar-refractivity contribution in [2.24, 2.45) is 11.1 Å². The average molecular weight is 268 g/mol. The van der Waals surface area contributed by atoms with Gasteiger partial charge in [-0.2, -0.15) is 0 Å². The van der Waals surface area contributed by atoms with Gasteiger partial charge in [0.05, 0.1) is 0 Å². The van der Waals surface area contributed by atoms with Gasteiger partial charge in [0.15, 0.2) is 0 Å². The van der Waals surface area contributed by atoms with Crippen LogP contribution < -0.4 is 5.73 Å². The van der Waals surface area contributed by atoms with E-state index in [0.717, 1.165) is 0 Å². The third-order valence-corrected chi connectivity index (χ3v) is 2.89. The van der Waals surface area contributed by atoms with Gasteiger partial charge in [0.1, 0.15) is 5.82 Å². The Bertz CT molecular complexity index is 338. The molecule has 1 aromatic carbocycles. The molecule has 0 saturated heterocycles. The average Bonchev–Trinajstić information content (AvgIpc) is 2.17. The number of hydrogen-bond donors (Lipinski definition) is 2. The van der Waals surface area contributed by atoms with Crippen molar-refractivity contribution in [1.82, 2.24) is 0 Å². The molecule has 0 fully saturated rings. The van der Waals surface area contributed by atoms with Gasteiger partial charge < -0.3 is 10.8 Å². The number of aliphatic hydroxyl groups excluding tert-OH is 1. The highest BCUT2D eigenvalue weighted by Gasteiger charge is 2.30. The minimum Gasteiger partial charge on any atom is -0.396 e. The number of hydrogen-bond acceptors (Lipinski definition) is 2. The SMILES string of the molecule is CC(C)(CO)[C@H](N)c1c(F)cccc1Cl.Cl. The molecule has 0 heterocycles. The van der Waals surface area contributed by atoms with E-state index in [4.69, 9.17) is 22.4 Å². The molecule has 1 rings (SSSR count). The van der Waals surface area contributed by atoms with Crippen molar-refractivity contribution in [3.63, 3.8) is 0 Å². The van der Waals surface area contributed by atoms with E-state index in [2.05, 4.69) is 0 Å². The highest BCUT2D eigenvalue weighted by Crippen LogP contribution is 2.35. The van der Waals surface area contributed by atoms with Gasteiger partial charge in [-0.3, -0.25) is 0 Å². The minimum atomic E-state index is -0.629. The second kappa shape index (κ2) is 5.82. The van der Waals surface area contributed by atoms with E-state index >= 15 is 0 Å². The van der Waals surface area contributed by atoms with Crippen LogP contribution >= 0.6 is 24.0 Å². The molecule has 0 radical (unpaired) electrons. The molecule has 0 aromatic heterocycles. The predicted molar refractivity (Wildman–Crippen MR) is 66.5 cm³/mol. The highest BCUT2D eigenvalue weighted by atomic mass is 35.5. The molecule has 1 atom stereocenters. The Morgan fingerprint density at radius 3 is 2.50 bits per heavy atom. The molecule has 3 N–H and O–H groups in total. The van der Waals surface area contributed by atoms with Crippen LogP contribution in [0.4, 0.5) is 4.39 Å². The first-order valence-corrected chi connectivity index (χ1v) is 5.08. The summed E-state index contributed by atoms with van der Waals surface area (Å²) in [7, 11) is 0. The van der Waals surface area contributed by atoms with Crippen molar-refractivity contribution in [3.8, 4) is 0 Å². The number of rotatable bonds is 3. The smallest absolute Gasteiger partial charge is 0.129 e. The normalized spacial score (nSPS) is 13.1. The van der Waals surface area contributed by atoms with Crippen LogP contribution in [0.3, 0.4) is 0 Å². The van der Waals surface area contributed by atoms with Crippen molar-refractivity contribution in [2.45, 2.75) is 19.9 Å². The maximum Gasteiger partial charge on any atom is 0.129 e. The van der Waals surface area contributed by atoms with E-state index in [-0.39, 0.29) is 24.6 Å². The lowest BCUT2D eigenvalue weighted by Crippen LogP contribution is -2.33. The monoisotopic (exact) mass is 267 g/mol. The number of nitrogens with two attached hydrogens (primary N) is 1. The second-order valence-corrected chi connectivity index (χ2v) is 4.67. The largest absolute Gasteiger partial charge is 0.396 e. The summed E-state index contributed by atoms with van der Waals surface area (Å²) in [6, 6.07) is 3.80. The first kappa shape index (κ1) is 15.7. The van der Waals surface area contributed by atoms with E-state index < -0.39 is 17.3 Å². The number of aliphatic hydroxyl groups is 1. The van der Waals surface area contributed by atoms with Crippen LogP contribution in [-0.2, 0) is 0 Å². The zero-order valence-corrected chi connectivity index (χ0v) is 10.8. The molecule has 0 aliphatic carbocycles. The van der Waals surface area contributed by atoms with Gasteiger partial charge >= 0.3 is 0 Å². The summed E-state index contributed by atoms with van der Waals surface area (Å²) in [4.78, 5) is 0. The van der Waals surface area contributed by atoms with E-state index in [1.807, 2.05) is 0 Å². The fourth-order valence-electron chi connectivity index (χ4n) is 1.30. The molecule has 92 valence electrons. The van der Waals surface area contributed by atoms with Crippen LogP contribution in [0.5, 0.6) is 0 Å². The Morgan fingerprint density at radius 1 is 1.50 bits per heavy atom. The Balaban J connectivity index is 0.00000225. The van der Waals surface area contributed by atoms with Crippen molar-refractivity contribution in [3.05, 3.63) is 34.6 Å². The maximum atomic E-state index is 13.5. The van der Waals surface area contributed by atoms with E-state index in [0.29, 0.717) is 5.02 Å². The molecular formula is C11H16Cl2FNO. The van der Waals surface area contributed by atoms with Gasteiger partial charge in [0, 0.05) is 28.6 Å². The van der Waals surface area contributed by atoms with Crippen LogP contribution in [0.25, 0.3) is 0 Å². The molecular weight excluding hydrogens is 252 g/mol. The lowest BCUT2D eigenvalue weighted by atomic mass is 9.81. The predicted octanol–water partition coefficient (Wildman–Crippen LogP) is 2.92. The van der Waals surface area contributed by atoms with E-state index in [1.54, 1.807) is 19.9 Å². The van der Waals surface area contributed by atoms with Crippen LogP contribution in [0.2, 0.25) is 5.02 Å². The summed E-state index contributed by atoms with van der Waals surface area (Å²) in [6.07, 6.45) is 0. The first-order chi connectivity index (χ1) is 6.90. The summed E-state index contributed by atoms with van der Waals surface area (Å²) in [5, 5.41) is 9.46. The standard InChI is InChI=1S/C11H15ClFNO.ClH/c1-11(2,6-15)10(14)9-7(12)4-3-5-8(9)13;/h3-5,10,15H,6,14H2,1-2H3;1H/t10-;/m1./s1. The summed E-state index contributed by atoms with van der Waals surface area (Å²) in [6.45, 7) is 3.40. The molecule has 5 heteroatoms. The third kappa shape index (κ3) is 3.08. The molecule has 1 aromatic rings. The quantitative estimate of drug-likeness (QED) is 0.885. The van der Waals surface area contributed by atoms with Gasteiger partial charge in [0.2, 0.25) is 0 Å². The fourth-order valence-corrected chi connectivity index (χ4v) is 1.58. The lowest BCUT2D eigenvalue weighted by molar-refractivity contribution is 0.131. The van der Waals surface area contributed by atoms with Crippen LogP contribution in [-0.4, -0.2) is 11.7 Å². The van der Waals surface area contributed by atoms with Crippen molar-refractivity contribution >= 4 is 24.0 Å². The van der Waals surface area contributed by atoms with Gasteiger partial charge in [-0.1, -0.05) is 31.5 Å². The van der Waals surface area contributed by atoms with Crippen LogP contribution in [0.1, 0.15) is 25.5 Å². The Labute approximate surface area is 106 Å². The summed E-state index contributed by atoms with van der Waals surface area (Å²) in [5.74, 6) is -0.434. The van der Waals surface area contributed by atoms with Gasteiger partial charge in [-0.15, -0.1) is 12.4 Å². The summed E-state index contributed by atoms with van der Waals surface area (Å²) >= 11 is 5.89. The minimum absolute atomic E-state index is 0. The molecule has 0 aliphatic heterocycles. The molecule has 2 nitrogen and oxygen atoms in total.